The number of aromatic amines is 1. The summed E-state index contributed by atoms with van der Waals surface area (Å²) in [5.41, 5.74) is 3.17. The number of para-hydroxylation sites is 2. The van der Waals surface area contributed by atoms with Crippen molar-refractivity contribution in [3.05, 3.63) is 71.8 Å². The molecule has 0 saturated heterocycles. The molecule has 5 nitrogen and oxygen atoms in total. The van der Waals surface area contributed by atoms with Crippen molar-refractivity contribution < 1.29 is 9.59 Å². The number of H-pyrrole nitrogens is 1. The third-order valence-corrected chi connectivity index (χ3v) is 5.95. The van der Waals surface area contributed by atoms with Crippen molar-refractivity contribution in [2.45, 2.75) is 11.6 Å². The van der Waals surface area contributed by atoms with Crippen molar-refractivity contribution in [2.75, 3.05) is 12.3 Å². The fourth-order valence-electron chi connectivity index (χ4n) is 3.67. The van der Waals surface area contributed by atoms with Crippen LogP contribution in [0.5, 0.6) is 0 Å². The SMILES string of the molecule is O=C1c2cccc3cccc(c23)C(=O)N1CCCSc1nc2ccccc2[nH]1. The van der Waals surface area contributed by atoms with Crippen LogP contribution in [0.25, 0.3) is 21.8 Å². The number of thioether (sulfide) groups is 1. The molecule has 0 radical (unpaired) electrons. The van der Waals surface area contributed by atoms with E-state index >= 15 is 0 Å². The first-order valence-corrected chi connectivity index (χ1v) is 10.2. The lowest BCUT2D eigenvalue weighted by molar-refractivity contribution is 0.0611. The van der Waals surface area contributed by atoms with Gasteiger partial charge < -0.3 is 4.98 Å². The van der Waals surface area contributed by atoms with Gasteiger partial charge in [0.15, 0.2) is 5.16 Å². The van der Waals surface area contributed by atoms with Gasteiger partial charge in [-0.05, 0) is 36.1 Å². The van der Waals surface area contributed by atoms with Gasteiger partial charge in [0.1, 0.15) is 0 Å². The van der Waals surface area contributed by atoms with Crippen molar-refractivity contribution in [1.82, 2.24) is 14.9 Å². The lowest BCUT2D eigenvalue weighted by Crippen LogP contribution is -2.41. The van der Waals surface area contributed by atoms with E-state index in [4.69, 9.17) is 0 Å². The number of nitrogens with zero attached hydrogens (tertiary/aromatic N) is 2. The normalized spacial score (nSPS) is 13.6. The molecule has 0 spiro atoms. The average molecular weight is 387 g/mol. The highest BCUT2D eigenvalue weighted by Gasteiger charge is 2.32. The molecule has 1 N–H and O–H groups in total. The molecule has 2 amide bonds. The Hall–Kier alpha value is -3.12. The van der Waals surface area contributed by atoms with Gasteiger partial charge in [0.25, 0.3) is 11.8 Å². The highest BCUT2D eigenvalue weighted by Crippen LogP contribution is 2.30. The maximum atomic E-state index is 12.9. The summed E-state index contributed by atoms with van der Waals surface area (Å²) < 4.78 is 0. The molecule has 3 aromatic carbocycles. The molecule has 0 bridgehead atoms. The Kier molecular flexibility index (Phi) is 4.13. The first kappa shape index (κ1) is 17.0. The van der Waals surface area contributed by atoms with Crippen LogP contribution in [0.15, 0.2) is 65.8 Å². The topological polar surface area (TPSA) is 66.1 Å². The number of nitrogens with one attached hydrogen (secondary N) is 1. The molecule has 6 heteroatoms. The van der Waals surface area contributed by atoms with Gasteiger partial charge in [-0.2, -0.15) is 0 Å². The van der Waals surface area contributed by atoms with Gasteiger partial charge in [-0.25, -0.2) is 4.98 Å². The number of rotatable bonds is 5. The van der Waals surface area contributed by atoms with E-state index in [1.54, 1.807) is 23.9 Å². The molecule has 138 valence electrons. The molecule has 0 aliphatic carbocycles. The minimum absolute atomic E-state index is 0.206. The van der Waals surface area contributed by atoms with E-state index in [-0.39, 0.29) is 11.8 Å². The second kappa shape index (κ2) is 6.80. The molecule has 0 fully saturated rings. The highest BCUT2D eigenvalue weighted by atomic mass is 32.2. The number of aromatic nitrogens is 2. The van der Waals surface area contributed by atoms with Crippen molar-refractivity contribution in [1.29, 1.82) is 0 Å². The van der Waals surface area contributed by atoms with E-state index in [2.05, 4.69) is 9.97 Å². The van der Waals surface area contributed by atoms with Gasteiger partial charge in [0.2, 0.25) is 0 Å². The number of amides is 2. The summed E-state index contributed by atoms with van der Waals surface area (Å²) in [6.07, 6.45) is 0.706. The average Bonchev–Trinajstić information content (AvgIpc) is 3.14. The Morgan fingerprint density at radius 2 is 1.61 bits per heavy atom. The van der Waals surface area contributed by atoms with E-state index in [9.17, 15) is 9.59 Å². The van der Waals surface area contributed by atoms with Gasteiger partial charge >= 0.3 is 0 Å². The predicted octanol–water partition coefficient (Wildman–Crippen LogP) is 4.49. The van der Waals surface area contributed by atoms with Crippen molar-refractivity contribution in [3.63, 3.8) is 0 Å². The minimum Gasteiger partial charge on any atom is -0.333 e. The summed E-state index contributed by atoms with van der Waals surface area (Å²) in [5.74, 6) is 0.356. The van der Waals surface area contributed by atoms with E-state index < -0.39 is 0 Å². The number of carbonyl (C=O) groups is 2. The molecule has 0 saturated carbocycles. The molecule has 1 aliphatic rings. The number of benzene rings is 3. The minimum atomic E-state index is -0.206. The smallest absolute Gasteiger partial charge is 0.261 e. The molecule has 1 aromatic heterocycles. The van der Waals surface area contributed by atoms with Crippen LogP contribution in [0.1, 0.15) is 27.1 Å². The van der Waals surface area contributed by atoms with Crippen molar-refractivity contribution >= 4 is 45.4 Å². The lowest BCUT2D eigenvalue weighted by atomic mass is 9.94. The number of imidazole rings is 1. The van der Waals surface area contributed by atoms with Crippen LogP contribution in [0.2, 0.25) is 0 Å². The van der Waals surface area contributed by atoms with Crippen LogP contribution < -0.4 is 0 Å². The Morgan fingerprint density at radius 3 is 2.32 bits per heavy atom. The highest BCUT2D eigenvalue weighted by molar-refractivity contribution is 7.99. The fourth-order valence-corrected chi connectivity index (χ4v) is 4.48. The fraction of sp³-hybridized carbons (Fsp3) is 0.136. The number of fused-ring (bicyclic) bond motifs is 1. The molecule has 4 aromatic rings. The number of carbonyl (C=O) groups excluding carboxylic acids is 2. The van der Waals surface area contributed by atoms with Crippen molar-refractivity contribution in [2.24, 2.45) is 0 Å². The first-order valence-electron chi connectivity index (χ1n) is 9.18. The summed E-state index contributed by atoms with van der Waals surface area (Å²) in [5, 5.41) is 2.55. The zero-order valence-corrected chi connectivity index (χ0v) is 15.8. The van der Waals surface area contributed by atoms with Crippen LogP contribution in [0.4, 0.5) is 0 Å². The van der Waals surface area contributed by atoms with Crippen LogP contribution in [-0.2, 0) is 0 Å². The maximum absolute atomic E-state index is 12.9. The zero-order chi connectivity index (χ0) is 19.1. The van der Waals surface area contributed by atoms with Crippen LogP contribution >= 0.6 is 11.8 Å². The van der Waals surface area contributed by atoms with E-state index in [0.29, 0.717) is 24.1 Å². The van der Waals surface area contributed by atoms with Gasteiger partial charge in [0, 0.05) is 28.8 Å². The predicted molar refractivity (Wildman–Crippen MR) is 111 cm³/mol. The third-order valence-electron chi connectivity index (χ3n) is 4.99. The summed E-state index contributed by atoms with van der Waals surface area (Å²) in [6, 6.07) is 19.1. The molecule has 0 atom stereocenters. The molecule has 2 heterocycles. The Bertz CT molecular complexity index is 1150. The summed E-state index contributed by atoms with van der Waals surface area (Å²) in [7, 11) is 0. The van der Waals surface area contributed by atoms with Crippen molar-refractivity contribution in [3.8, 4) is 0 Å². The molecule has 0 unspecified atom stereocenters. The van der Waals surface area contributed by atoms with Gasteiger partial charge in [0.05, 0.1) is 11.0 Å². The first-order chi connectivity index (χ1) is 13.7. The second-order valence-corrected chi connectivity index (χ2v) is 7.82. The third kappa shape index (κ3) is 2.77. The number of hydrogen-bond donors (Lipinski definition) is 1. The maximum Gasteiger partial charge on any atom is 0.261 e. The molecular weight excluding hydrogens is 370 g/mol. The van der Waals surface area contributed by atoms with Gasteiger partial charge in [-0.3, -0.25) is 14.5 Å². The van der Waals surface area contributed by atoms with Crippen LogP contribution in [-0.4, -0.2) is 39.0 Å². The van der Waals surface area contributed by atoms with Crippen LogP contribution in [0, 0.1) is 0 Å². The standard InChI is InChI=1S/C22H17N3O2S/c26-20-15-8-3-6-14-7-4-9-16(19(14)15)21(27)25(20)12-5-13-28-22-23-17-10-1-2-11-18(17)24-22/h1-4,6-11H,5,12-13H2,(H,23,24). The Labute approximate surface area is 165 Å². The van der Waals surface area contributed by atoms with Gasteiger partial charge in [-0.15, -0.1) is 0 Å². The number of hydrogen-bond acceptors (Lipinski definition) is 4. The summed E-state index contributed by atoms with van der Waals surface area (Å²) in [4.78, 5) is 34.9. The zero-order valence-electron chi connectivity index (χ0n) is 15.0. The summed E-state index contributed by atoms with van der Waals surface area (Å²) >= 11 is 1.60. The van der Waals surface area contributed by atoms with E-state index in [1.165, 1.54) is 4.90 Å². The Morgan fingerprint density at radius 1 is 0.893 bits per heavy atom. The second-order valence-electron chi connectivity index (χ2n) is 6.73. The monoisotopic (exact) mass is 387 g/mol. The van der Waals surface area contributed by atoms with Gasteiger partial charge in [-0.1, -0.05) is 48.2 Å². The van der Waals surface area contributed by atoms with Crippen LogP contribution in [0.3, 0.4) is 0 Å². The molecule has 28 heavy (non-hydrogen) atoms. The Balaban J connectivity index is 1.29. The number of imide groups is 1. The van der Waals surface area contributed by atoms with E-state index in [0.717, 1.165) is 32.7 Å². The molecular formula is C22H17N3O2S. The largest absolute Gasteiger partial charge is 0.333 e. The molecule has 1 aliphatic heterocycles. The quantitative estimate of drug-likeness (QED) is 0.311. The van der Waals surface area contributed by atoms with E-state index in [1.807, 2.05) is 48.5 Å². The molecule has 5 rings (SSSR count). The lowest BCUT2D eigenvalue weighted by Gasteiger charge is -2.27. The summed E-state index contributed by atoms with van der Waals surface area (Å²) in [6.45, 7) is 0.398.